The Labute approximate surface area is 193 Å². The average molecular weight is 431 g/mol. The van der Waals surface area contributed by atoms with Gasteiger partial charge >= 0.3 is 5.97 Å². The molecule has 0 radical (unpaired) electrons. The minimum atomic E-state index is -0.631. The van der Waals surface area contributed by atoms with Crippen molar-refractivity contribution in [3.63, 3.8) is 0 Å². The lowest BCUT2D eigenvalue weighted by Gasteiger charge is -2.08. The van der Waals surface area contributed by atoms with Gasteiger partial charge in [0.15, 0.2) is 0 Å². The maximum absolute atomic E-state index is 10.6. The summed E-state index contributed by atoms with van der Waals surface area (Å²) < 4.78 is 0. The Kier molecular flexibility index (Phi) is 47.9. The van der Waals surface area contributed by atoms with Crippen molar-refractivity contribution in [3.05, 3.63) is 0 Å². The highest BCUT2D eigenvalue weighted by Crippen LogP contribution is 2.14. The van der Waals surface area contributed by atoms with Gasteiger partial charge in [-0.15, -0.1) is 0 Å². The predicted octanol–water partition coefficient (Wildman–Crippen LogP) is 10.8. The third-order valence-corrected chi connectivity index (χ3v) is 5.12. The number of carboxylic acid groups (broad SMARTS) is 1. The van der Waals surface area contributed by atoms with Gasteiger partial charge in [-0.25, -0.2) is 0 Å². The van der Waals surface area contributed by atoms with Crippen LogP contribution in [0, 0.1) is 5.92 Å². The molecule has 0 aliphatic carbocycles. The van der Waals surface area contributed by atoms with Gasteiger partial charge in [-0.2, -0.15) is 0 Å². The topological polar surface area (TPSA) is 37.3 Å². The molecule has 0 aliphatic rings. The van der Waals surface area contributed by atoms with Crippen molar-refractivity contribution in [2.24, 2.45) is 5.92 Å². The molecule has 1 atom stereocenters. The van der Waals surface area contributed by atoms with Crippen molar-refractivity contribution >= 4 is 5.97 Å². The molecule has 0 amide bonds. The summed E-state index contributed by atoms with van der Waals surface area (Å²) in [7, 11) is 0. The van der Waals surface area contributed by atoms with Gasteiger partial charge in [-0.1, -0.05) is 158 Å². The van der Waals surface area contributed by atoms with Crippen molar-refractivity contribution in [1.29, 1.82) is 0 Å². The normalized spacial score (nSPS) is 10.5. The predicted molar refractivity (Wildman–Crippen MR) is 140 cm³/mol. The van der Waals surface area contributed by atoms with E-state index in [-0.39, 0.29) is 5.92 Å². The molecule has 0 heterocycles. The Bertz CT molecular complexity index is 232. The highest BCUT2D eigenvalue weighted by molar-refractivity contribution is 5.69. The summed E-state index contributed by atoms with van der Waals surface area (Å²) in [5.74, 6) is -0.740. The zero-order valence-electron chi connectivity index (χ0n) is 22.7. The summed E-state index contributed by atoms with van der Waals surface area (Å²) in [6, 6.07) is 0. The van der Waals surface area contributed by atoms with Crippen LogP contribution < -0.4 is 0 Å². The van der Waals surface area contributed by atoms with Crippen LogP contribution in [0.2, 0.25) is 0 Å². The van der Waals surface area contributed by atoms with Crippen LogP contribution in [0.5, 0.6) is 0 Å². The van der Waals surface area contributed by atoms with Gasteiger partial charge in [0, 0.05) is 0 Å². The lowest BCUT2D eigenvalue weighted by atomic mass is 9.99. The molecule has 0 saturated carbocycles. The molecule has 0 rings (SSSR count). The highest BCUT2D eigenvalue weighted by atomic mass is 16.4. The fourth-order valence-electron chi connectivity index (χ4n) is 2.82. The highest BCUT2D eigenvalue weighted by Gasteiger charge is 2.13. The van der Waals surface area contributed by atoms with E-state index in [2.05, 4.69) is 48.5 Å². The molecule has 186 valence electrons. The van der Waals surface area contributed by atoms with Crippen LogP contribution >= 0.6 is 0 Å². The number of aliphatic carboxylic acids is 1. The fraction of sp³-hybridized carbons (Fsp3) is 0.964. The molecule has 0 aromatic heterocycles. The van der Waals surface area contributed by atoms with Crippen LogP contribution in [0.4, 0.5) is 0 Å². The van der Waals surface area contributed by atoms with Crippen LogP contribution in [-0.2, 0) is 4.79 Å². The second-order valence-electron chi connectivity index (χ2n) is 8.41. The maximum Gasteiger partial charge on any atom is 0.306 e. The van der Waals surface area contributed by atoms with Gasteiger partial charge in [-0.05, 0) is 12.8 Å². The Morgan fingerprint density at radius 2 is 0.767 bits per heavy atom. The molecule has 0 aromatic carbocycles. The molecule has 0 saturated heterocycles. The summed E-state index contributed by atoms with van der Waals surface area (Å²) in [5.41, 5.74) is 0. The third-order valence-electron chi connectivity index (χ3n) is 5.12. The molecule has 0 spiro atoms. The Hall–Kier alpha value is -0.530. The SMILES string of the molecule is CCCCCC.CCCCCC.CCCCCC.CCCCCCC(CC)C(=O)O. The quantitative estimate of drug-likeness (QED) is 0.247. The van der Waals surface area contributed by atoms with E-state index in [0.29, 0.717) is 0 Å². The van der Waals surface area contributed by atoms with E-state index in [9.17, 15) is 4.79 Å². The molecule has 0 aromatic rings. The van der Waals surface area contributed by atoms with Gasteiger partial charge in [0.05, 0.1) is 5.92 Å². The number of hydrogen-bond acceptors (Lipinski definition) is 1. The monoisotopic (exact) mass is 430 g/mol. The van der Waals surface area contributed by atoms with Gasteiger partial charge in [-0.3, -0.25) is 4.79 Å². The number of unbranched alkanes of at least 4 members (excludes halogenated alkanes) is 12. The number of carbonyl (C=O) groups is 1. The fourth-order valence-corrected chi connectivity index (χ4v) is 2.82. The second-order valence-corrected chi connectivity index (χ2v) is 8.41. The number of carboxylic acids is 1. The van der Waals surface area contributed by atoms with E-state index in [1.165, 1.54) is 96.3 Å². The first kappa shape index (κ1) is 36.8. The van der Waals surface area contributed by atoms with E-state index < -0.39 is 5.97 Å². The summed E-state index contributed by atoms with van der Waals surface area (Å²) >= 11 is 0. The number of hydrogen-bond donors (Lipinski definition) is 1. The van der Waals surface area contributed by atoms with Crippen molar-refractivity contribution in [2.45, 2.75) is 171 Å². The van der Waals surface area contributed by atoms with Crippen LogP contribution in [0.25, 0.3) is 0 Å². The summed E-state index contributed by atoms with van der Waals surface area (Å²) in [4.78, 5) is 10.6. The van der Waals surface area contributed by atoms with Gasteiger partial charge in [0.1, 0.15) is 0 Å². The van der Waals surface area contributed by atoms with E-state index in [0.717, 1.165) is 19.3 Å². The summed E-state index contributed by atoms with van der Waals surface area (Å²) in [6.45, 7) is 17.5. The molecule has 0 bridgehead atoms. The summed E-state index contributed by atoms with van der Waals surface area (Å²) in [6.07, 6.45) is 22.9. The van der Waals surface area contributed by atoms with Crippen LogP contribution in [-0.4, -0.2) is 11.1 Å². The molecule has 0 fully saturated rings. The van der Waals surface area contributed by atoms with Gasteiger partial charge in [0.25, 0.3) is 0 Å². The molecule has 0 aliphatic heterocycles. The van der Waals surface area contributed by atoms with E-state index in [1.54, 1.807) is 0 Å². The number of rotatable bonds is 16. The Morgan fingerprint density at radius 1 is 0.500 bits per heavy atom. The molecule has 1 N–H and O–H groups in total. The standard InChI is InChI=1S/C10H20O2.3C6H14/c1-3-5-6-7-8-9(4-2)10(11)12;3*1-3-5-6-4-2/h9H,3-8H2,1-2H3,(H,11,12);3*3-6H2,1-2H3. The molecule has 2 nitrogen and oxygen atoms in total. The molecule has 2 heteroatoms. The second kappa shape index (κ2) is 39.0. The lowest BCUT2D eigenvalue weighted by Crippen LogP contribution is -2.12. The molecule has 30 heavy (non-hydrogen) atoms. The van der Waals surface area contributed by atoms with Crippen molar-refractivity contribution in [2.75, 3.05) is 0 Å². The largest absolute Gasteiger partial charge is 0.481 e. The van der Waals surface area contributed by atoms with E-state index in [1.807, 2.05) is 6.92 Å². The maximum atomic E-state index is 10.6. The average Bonchev–Trinajstić information content (AvgIpc) is 2.76. The minimum Gasteiger partial charge on any atom is -0.481 e. The van der Waals surface area contributed by atoms with Gasteiger partial charge < -0.3 is 5.11 Å². The Morgan fingerprint density at radius 3 is 0.967 bits per heavy atom. The van der Waals surface area contributed by atoms with Crippen molar-refractivity contribution in [1.82, 2.24) is 0 Å². The Balaban J connectivity index is -0.000000161. The molecular weight excluding hydrogens is 368 g/mol. The van der Waals surface area contributed by atoms with Crippen molar-refractivity contribution in [3.8, 4) is 0 Å². The van der Waals surface area contributed by atoms with Crippen molar-refractivity contribution < 1.29 is 9.90 Å². The van der Waals surface area contributed by atoms with Gasteiger partial charge in [0.2, 0.25) is 0 Å². The first-order valence-electron chi connectivity index (χ1n) is 13.7. The first-order chi connectivity index (χ1) is 14.5. The van der Waals surface area contributed by atoms with E-state index in [4.69, 9.17) is 5.11 Å². The molecular formula is C28H62O2. The lowest BCUT2D eigenvalue weighted by molar-refractivity contribution is -0.142. The summed E-state index contributed by atoms with van der Waals surface area (Å²) in [5, 5.41) is 8.73. The van der Waals surface area contributed by atoms with Crippen LogP contribution in [0.1, 0.15) is 171 Å². The smallest absolute Gasteiger partial charge is 0.306 e. The van der Waals surface area contributed by atoms with Crippen LogP contribution in [0.15, 0.2) is 0 Å². The molecule has 1 unspecified atom stereocenters. The third kappa shape index (κ3) is 45.9. The zero-order chi connectivity index (χ0) is 23.9. The van der Waals surface area contributed by atoms with Crippen LogP contribution in [0.3, 0.4) is 0 Å². The van der Waals surface area contributed by atoms with E-state index >= 15 is 0 Å². The zero-order valence-corrected chi connectivity index (χ0v) is 22.7. The minimum absolute atomic E-state index is 0.109. The first-order valence-corrected chi connectivity index (χ1v) is 13.7.